The molecule has 1 amide bonds. The molecule has 0 atom stereocenters. The van der Waals surface area contributed by atoms with Crippen molar-refractivity contribution in [3.63, 3.8) is 0 Å². The van der Waals surface area contributed by atoms with Gasteiger partial charge in [0.2, 0.25) is 0 Å². The lowest BCUT2D eigenvalue weighted by Crippen LogP contribution is -2.18. The van der Waals surface area contributed by atoms with Gasteiger partial charge in [-0.1, -0.05) is 29.8 Å². The molecule has 2 aromatic carbocycles. The van der Waals surface area contributed by atoms with Crippen LogP contribution in [0.1, 0.15) is 11.1 Å². The Labute approximate surface area is 175 Å². The number of carbonyl (C=O) groups excluding carboxylic acids is 1. The van der Waals surface area contributed by atoms with Crippen molar-refractivity contribution in [2.45, 2.75) is 12.6 Å². The second kappa shape index (κ2) is 8.93. The Bertz CT molecular complexity index is 1150. The number of amides is 1. The fourth-order valence-electron chi connectivity index (χ4n) is 2.89. The highest BCUT2D eigenvalue weighted by Gasteiger charge is 2.33. The number of nitrogens with zero attached hydrogens (tertiary/aromatic N) is 1. The van der Waals surface area contributed by atoms with Crippen LogP contribution >= 0.6 is 11.6 Å². The molecule has 0 spiro atoms. The lowest BCUT2D eigenvalue weighted by Gasteiger charge is -2.11. The third-order valence-corrected chi connectivity index (χ3v) is 4.68. The molecule has 3 aromatic rings. The number of carbonyl (C=O) groups is 1. The Morgan fingerprint density at radius 3 is 2.73 bits per heavy atom. The number of nitrogens with one attached hydrogen (secondary N) is 3. The van der Waals surface area contributed by atoms with Crippen LogP contribution in [0.3, 0.4) is 0 Å². The number of benzene rings is 2. The maximum Gasteiger partial charge on any atom is 0.417 e. The number of rotatable bonds is 6. The number of aromatic amines is 1. The van der Waals surface area contributed by atoms with E-state index in [0.717, 1.165) is 28.6 Å². The zero-order chi connectivity index (χ0) is 21.7. The number of H-pyrrole nitrogens is 1. The molecule has 0 aliphatic rings. The molecule has 1 heterocycles. The molecule has 9 heteroatoms. The van der Waals surface area contributed by atoms with E-state index in [4.69, 9.17) is 11.6 Å². The molecule has 0 aliphatic heterocycles. The lowest BCUT2D eigenvalue weighted by atomic mass is 10.1. The number of para-hydroxylation sites is 1. The van der Waals surface area contributed by atoms with Crippen LogP contribution in [0.15, 0.2) is 60.4 Å². The van der Waals surface area contributed by atoms with Crippen LogP contribution in [0.2, 0.25) is 5.02 Å². The zero-order valence-corrected chi connectivity index (χ0v) is 16.2. The van der Waals surface area contributed by atoms with E-state index in [1.54, 1.807) is 6.07 Å². The molecule has 30 heavy (non-hydrogen) atoms. The Morgan fingerprint density at radius 1 is 1.23 bits per heavy atom. The van der Waals surface area contributed by atoms with Gasteiger partial charge in [0.05, 0.1) is 10.6 Å². The van der Waals surface area contributed by atoms with E-state index in [0.29, 0.717) is 13.0 Å². The predicted molar refractivity (Wildman–Crippen MR) is 109 cm³/mol. The minimum atomic E-state index is -4.66. The summed E-state index contributed by atoms with van der Waals surface area (Å²) in [6.07, 6.45) is -0.875. The third-order valence-electron chi connectivity index (χ3n) is 4.35. The van der Waals surface area contributed by atoms with Crippen molar-refractivity contribution in [1.82, 2.24) is 10.3 Å². The van der Waals surface area contributed by atoms with Gasteiger partial charge in [0.15, 0.2) is 0 Å². The number of halogens is 4. The fourth-order valence-corrected chi connectivity index (χ4v) is 3.11. The van der Waals surface area contributed by atoms with Crippen molar-refractivity contribution < 1.29 is 18.0 Å². The first-order valence-electron chi connectivity index (χ1n) is 8.86. The largest absolute Gasteiger partial charge is 0.417 e. The molecule has 0 bridgehead atoms. The minimum Gasteiger partial charge on any atom is -0.389 e. The molecule has 1 aromatic heterocycles. The highest BCUT2D eigenvalue weighted by molar-refractivity contribution is 6.31. The monoisotopic (exact) mass is 432 g/mol. The molecule has 0 radical (unpaired) electrons. The first-order valence-corrected chi connectivity index (χ1v) is 9.24. The average molecular weight is 433 g/mol. The van der Waals surface area contributed by atoms with E-state index in [1.165, 1.54) is 12.3 Å². The normalized spacial score (nSPS) is 11.9. The molecule has 3 rings (SSSR count). The Hall–Kier alpha value is -3.44. The Kier molecular flexibility index (Phi) is 6.33. The molecular formula is C21H16ClF3N4O. The van der Waals surface area contributed by atoms with Gasteiger partial charge in [-0.15, -0.1) is 0 Å². The van der Waals surface area contributed by atoms with Crippen molar-refractivity contribution in [3.8, 4) is 6.07 Å². The number of hydrogen-bond acceptors (Lipinski definition) is 3. The summed E-state index contributed by atoms with van der Waals surface area (Å²) < 4.78 is 38.8. The number of anilines is 1. The van der Waals surface area contributed by atoms with Crippen molar-refractivity contribution in [2.24, 2.45) is 0 Å². The summed E-state index contributed by atoms with van der Waals surface area (Å²) in [5.74, 6) is -0.826. The molecule has 154 valence electrons. The van der Waals surface area contributed by atoms with E-state index in [2.05, 4.69) is 15.6 Å². The Balaban J connectivity index is 1.62. The highest BCUT2D eigenvalue weighted by atomic mass is 35.5. The topological polar surface area (TPSA) is 80.7 Å². The minimum absolute atomic E-state index is 0.114. The van der Waals surface area contributed by atoms with Crippen LogP contribution in [0.25, 0.3) is 10.9 Å². The smallest absolute Gasteiger partial charge is 0.389 e. The highest BCUT2D eigenvalue weighted by Crippen LogP contribution is 2.36. The summed E-state index contributed by atoms with van der Waals surface area (Å²) in [6, 6.07) is 12.5. The van der Waals surface area contributed by atoms with E-state index in [-0.39, 0.29) is 11.3 Å². The molecule has 3 N–H and O–H groups in total. The third kappa shape index (κ3) is 4.93. The number of nitriles is 1. The van der Waals surface area contributed by atoms with Crippen LogP contribution in [0.4, 0.5) is 18.9 Å². The fraction of sp³-hybridized carbons (Fsp3) is 0.143. The van der Waals surface area contributed by atoms with Gasteiger partial charge in [0.1, 0.15) is 11.6 Å². The van der Waals surface area contributed by atoms with Crippen LogP contribution in [0, 0.1) is 11.3 Å². The summed E-state index contributed by atoms with van der Waals surface area (Å²) in [4.78, 5) is 15.4. The summed E-state index contributed by atoms with van der Waals surface area (Å²) in [7, 11) is 0. The van der Waals surface area contributed by atoms with E-state index >= 15 is 0 Å². The quantitative estimate of drug-likeness (QED) is 0.291. The molecule has 5 nitrogen and oxygen atoms in total. The number of aromatic nitrogens is 1. The SMILES string of the molecule is N#C/C(=C/NCCc1c[nH]c2ccccc12)C(=O)Nc1ccc(Cl)c(C(F)(F)F)c1. The standard InChI is InChI=1S/C21H16ClF3N4O/c22-18-6-5-15(9-17(18)21(23,24)25)29-20(30)14(10-26)11-27-8-7-13-12-28-19-4-2-1-3-16(13)19/h1-6,9,11-12,27-28H,7-8H2,(H,29,30)/b14-11-. The van der Waals surface area contributed by atoms with Gasteiger partial charge in [-0.05, 0) is 36.2 Å². The molecular weight excluding hydrogens is 417 g/mol. The first kappa shape index (κ1) is 21.3. The van der Waals surface area contributed by atoms with Gasteiger partial charge in [-0.2, -0.15) is 18.4 Å². The van der Waals surface area contributed by atoms with Gasteiger partial charge >= 0.3 is 6.18 Å². The Morgan fingerprint density at radius 2 is 2.00 bits per heavy atom. The summed E-state index contributed by atoms with van der Waals surface area (Å²) in [6.45, 7) is 0.458. The lowest BCUT2D eigenvalue weighted by molar-refractivity contribution is -0.137. The van der Waals surface area contributed by atoms with Gasteiger partial charge in [0.25, 0.3) is 5.91 Å². The maximum absolute atomic E-state index is 12.9. The predicted octanol–water partition coefficient (Wildman–Crippen LogP) is 5.02. The van der Waals surface area contributed by atoms with Crippen LogP contribution in [0.5, 0.6) is 0 Å². The molecule has 0 saturated carbocycles. The number of fused-ring (bicyclic) bond motifs is 1. The maximum atomic E-state index is 12.9. The number of hydrogen-bond donors (Lipinski definition) is 3. The summed E-state index contributed by atoms with van der Waals surface area (Å²) in [5.41, 5.74) is 0.645. The van der Waals surface area contributed by atoms with Gasteiger partial charge in [-0.3, -0.25) is 4.79 Å². The molecule has 0 fully saturated rings. The number of alkyl halides is 3. The molecule has 0 unspecified atom stereocenters. The first-order chi connectivity index (χ1) is 14.3. The van der Waals surface area contributed by atoms with Crippen LogP contribution in [-0.4, -0.2) is 17.4 Å². The van der Waals surface area contributed by atoms with Crippen LogP contribution < -0.4 is 10.6 Å². The summed E-state index contributed by atoms with van der Waals surface area (Å²) >= 11 is 5.56. The average Bonchev–Trinajstić information content (AvgIpc) is 3.12. The van der Waals surface area contributed by atoms with E-state index < -0.39 is 22.7 Å². The summed E-state index contributed by atoms with van der Waals surface area (Å²) in [5, 5.41) is 15.0. The van der Waals surface area contributed by atoms with Gasteiger partial charge in [-0.25, -0.2) is 0 Å². The second-order valence-corrected chi connectivity index (χ2v) is 6.79. The van der Waals surface area contributed by atoms with Gasteiger partial charge < -0.3 is 15.6 Å². The molecule has 0 saturated heterocycles. The van der Waals surface area contributed by atoms with Crippen molar-refractivity contribution in [2.75, 3.05) is 11.9 Å². The van der Waals surface area contributed by atoms with Crippen molar-refractivity contribution in [1.29, 1.82) is 5.26 Å². The molecule has 0 aliphatic carbocycles. The van der Waals surface area contributed by atoms with E-state index in [9.17, 15) is 23.2 Å². The van der Waals surface area contributed by atoms with Crippen LogP contribution in [-0.2, 0) is 17.4 Å². The van der Waals surface area contributed by atoms with E-state index in [1.807, 2.05) is 30.5 Å². The van der Waals surface area contributed by atoms with Crippen molar-refractivity contribution >= 4 is 34.1 Å². The zero-order valence-electron chi connectivity index (χ0n) is 15.5. The van der Waals surface area contributed by atoms with Crippen molar-refractivity contribution in [3.05, 3.63) is 76.6 Å². The second-order valence-electron chi connectivity index (χ2n) is 6.38. The van der Waals surface area contributed by atoms with Gasteiger partial charge in [0, 0.05) is 35.5 Å².